The molecule has 6 nitrogen and oxygen atoms in total. The molecule has 0 unspecified atom stereocenters. The van der Waals surface area contributed by atoms with Crippen LogP contribution in [-0.2, 0) is 14.0 Å². The van der Waals surface area contributed by atoms with Gasteiger partial charge >= 0.3 is 6.09 Å². The van der Waals surface area contributed by atoms with Gasteiger partial charge in [0.25, 0.3) is 0 Å². The van der Waals surface area contributed by atoms with E-state index in [4.69, 9.17) is 9.16 Å². The molecule has 0 saturated carbocycles. The molecule has 0 aromatic heterocycles. The van der Waals surface area contributed by atoms with Crippen molar-refractivity contribution in [1.82, 2.24) is 10.2 Å². The van der Waals surface area contributed by atoms with Crippen LogP contribution in [0.15, 0.2) is 0 Å². The molecule has 146 valence electrons. The van der Waals surface area contributed by atoms with Crippen molar-refractivity contribution in [3.63, 3.8) is 0 Å². The number of nitrogens with one attached hydrogen (secondary N) is 1. The van der Waals surface area contributed by atoms with Gasteiger partial charge in [0.2, 0.25) is 5.91 Å². The molecule has 1 aliphatic heterocycles. The lowest BCUT2D eigenvalue weighted by Gasteiger charge is -2.39. The Labute approximate surface area is 153 Å². The van der Waals surface area contributed by atoms with E-state index in [0.717, 1.165) is 6.42 Å². The second kappa shape index (κ2) is 7.66. The third kappa shape index (κ3) is 6.62. The lowest BCUT2D eigenvalue weighted by molar-refractivity contribution is -0.132. The maximum Gasteiger partial charge on any atom is 0.408 e. The van der Waals surface area contributed by atoms with Gasteiger partial charge in [-0.15, -0.1) is 0 Å². The van der Waals surface area contributed by atoms with Crippen molar-refractivity contribution in [2.45, 2.75) is 90.3 Å². The summed E-state index contributed by atoms with van der Waals surface area (Å²) in [5.41, 5.74) is -0.586. The second-order valence-electron chi connectivity index (χ2n) is 9.50. The van der Waals surface area contributed by atoms with Gasteiger partial charge in [-0.3, -0.25) is 4.79 Å². The van der Waals surface area contributed by atoms with Crippen LogP contribution in [0.4, 0.5) is 4.79 Å². The lowest BCUT2D eigenvalue weighted by atomic mass is 10.1. The van der Waals surface area contributed by atoms with E-state index in [9.17, 15) is 9.59 Å². The molecule has 0 aromatic carbocycles. The maximum atomic E-state index is 12.6. The van der Waals surface area contributed by atoms with Crippen LogP contribution in [0.1, 0.15) is 54.4 Å². The molecule has 0 spiro atoms. The largest absolute Gasteiger partial charge is 0.444 e. The maximum absolute atomic E-state index is 12.6. The second-order valence-corrected chi connectivity index (χ2v) is 14.3. The summed E-state index contributed by atoms with van der Waals surface area (Å²) in [6.07, 6.45) is 0.744. The van der Waals surface area contributed by atoms with E-state index in [-0.39, 0.29) is 17.0 Å². The summed E-state index contributed by atoms with van der Waals surface area (Å²) in [5.74, 6) is -0.0906. The number of likely N-dealkylation sites (N-methyl/N-ethyl adjacent to an activating group) is 1. The van der Waals surface area contributed by atoms with Gasteiger partial charge in [0.1, 0.15) is 11.6 Å². The zero-order chi connectivity index (χ0) is 19.6. The van der Waals surface area contributed by atoms with E-state index in [1.165, 1.54) is 0 Å². The number of rotatable bonds is 3. The van der Waals surface area contributed by atoms with Crippen molar-refractivity contribution in [3.8, 4) is 0 Å². The van der Waals surface area contributed by atoms with Crippen molar-refractivity contribution < 1.29 is 18.8 Å². The molecule has 1 heterocycles. The normalized spacial score (nSPS) is 23.2. The van der Waals surface area contributed by atoms with Crippen LogP contribution in [-0.4, -0.2) is 56.6 Å². The van der Waals surface area contributed by atoms with E-state index < -0.39 is 26.1 Å². The average molecular weight is 373 g/mol. The summed E-state index contributed by atoms with van der Waals surface area (Å²) < 4.78 is 11.7. The summed E-state index contributed by atoms with van der Waals surface area (Å²) in [6.45, 7) is 17.0. The van der Waals surface area contributed by atoms with Crippen molar-refractivity contribution in [3.05, 3.63) is 0 Å². The summed E-state index contributed by atoms with van der Waals surface area (Å²) in [6, 6.07) is -0.562. The monoisotopic (exact) mass is 372 g/mol. The highest BCUT2D eigenvalue weighted by molar-refractivity contribution is 6.74. The third-order valence-corrected chi connectivity index (χ3v) is 9.42. The summed E-state index contributed by atoms with van der Waals surface area (Å²) in [4.78, 5) is 26.2. The molecular formula is C18H36N2O4Si. The molecule has 1 N–H and O–H groups in total. The topological polar surface area (TPSA) is 67.9 Å². The first kappa shape index (κ1) is 22.0. The van der Waals surface area contributed by atoms with Gasteiger partial charge < -0.3 is 19.4 Å². The van der Waals surface area contributed by atoms with Gasteiger partial charge in [-0.1, -0.05) is 20.8 Å². The minimum atomic E-state index is -1.90. The first-order valence-corrected chi connectivity index (χ1v) is 12.0. The van der Waals surface area contributed by atoms with Crippen LogP contribution in [0.2, 0.25) is 18.1 Å². The fourth-order valence-corrected chi connectivity index (χ4v) is 3.88. The molecule has 25 heavy (non-hydrogen) atoms. The predicted molar refractivity (Wildman–Crippen MR) is 102 cm³/mol. The Balaban J connectivity index is 2.75. The fraction of sp³-hybridized carbons (Fsp3) is 0.889. The highest BCUT2D eigenvalue weighted by Gasteiger charge is 2.41. The van der Waals surface area contributed by atoms with Gasteiger partial charge in [0, 0.05) is 13.6 Å². The Kier molecular flexibility index (Phi) is 6.73. The van der Waals surface area contributed by atoms with E-state index in [0.29, 0.717) is 13.0 Å². The lowest BCUT2D eigenvalue weighted by Crippen LogP contribution is -2.48. The molecule has 2 amide bonds. The smallest absolute Gasteiger partial charge is 0.408 e. The molecule has 0 radical (unpaired) electrons. The number of hydrogen-bond acceptors (Lipinski definition) is 4. The standard InChI is InChI=1S/C18H36N2O4Si/c1-17(2,3)23-16(22)19-14-11-10-13(12-20(7)15(14)21)24-25(8,9)18(4,5)6/h13-14H,10-12H2,1-9H3,(H,19,22)/t13-,14+/m1/s1. The SMILES string of the molecule is CN1C[C@H](O[Si](C)(C)C(C)(C)C)CC[C@H](NC(=O)OC(C)(C)C)C1=O. The summed E-state index contributed by atoms with van der Waals surface area (Å²) in [5, 5.41) is 2.83. The van der Waals surface area contributed by atoms with Crippen molar-refractivity contribution in [2.75, 3.05) is 13.6 Å². The van der Waals surface area contributed by atoms with E-state index in [1.807, 2.05) is 0 Å². The number of nitrogens with zero attached hydrogens (tertiary/aromatic N) is 1. The average Bonchev–Trinajstić information content (AvgIpc) is 2.48. The first-order valence-electron chi connectivity index (χ1n) is 9.05. The fourth-order valence-electron chi connectivity index (χ4n) is 2.50. The number of amides is 2. The molecule has 7 heteroatoms. The Morgan fingerprint density at radius 1 is 1.16 bits per heavy atom. The number of likely N-dealkylation sites (tertiary alicyclic amines) is 1. The van der Waals surface area contributed by atoms with Gasteiger partial charge in [-0.05, 0) is 51.7 Å². The van der Waals surface area contributed by atoms with Crippen LogP contribution in [0.3, 0.4) is 0 Å². The van der Waals surface area contributed by atoms with Crippen LogP contribution in [0, 0.1) is 0 Å². The first-order chi connectivity index (χ1) is 11.1. The van der Waals surface area contributed by atoms with Crippen LogP contribution in [0.5, 0.6) is 0 Å². The summed E-state index contributed by atoms with van der Waals surface area (Å²) in [7, 11) is -0.139. The van der Waals surface area contributed by atoms with E-state index in [1.54, 1.807) is 32.7 Å². The van der Waals surface area contributed by atoms with E-state index in [2.05, 4.69) is 39.2 Å². The zero-order valence-electron chi connectivity index (χ0n) is 17.4. The zero-order valence-corrected chi connectivity index (χ0v) is 18.4. The van der Waals surface area contributed by atoms with Crippen molar-refractivity contribution >= 4 is 20.3 Å². The molecular weight excluding hydrogens is 336 g/mol. The number of carbonyl (C=O) groups is 2. The van der Waals surface area contributed by atoms with Crippen LogP contribution in [0.25, 0.3) is 0 Å². The summed E-state index contributed by atoms with van der Waals surface area (Å²) >= 11 is 0. The van der Waals surface area contributed by atoms with Gasteiger partial charge in [0.15, 0.2) is 8.32 Å². The molecule has 2 atom stereocenters. The Hall–Kier alpha value is -1.08. The molecule has 0 aromatic rings. The number of ether oxygens (including phenoxy) is 1. The Morgan fingerprint density at radius 3 is 2.20 bits per heavy atom. The number of hydrogen-bond donors (Lipinski definition) is 1. The third-order valence-electron chi connectivity index (χ3n) is 4.89. The molecule has 0 aliphatic carbocycles. The molecule has 1 rings (SSSR count). The minimum absolute atomic E-state index is 0.000258. The van der Waals surface area contributed by atoms with E-state index >= 15 is 0 Å². The highest BCUT2D eigenvalue weighted by Crippen LogP contribution is 2.38. The molecule has 0 bridgehead atoms. The quantitative estimate of drug-likeness (QED) is 0.770. The van der Waals surface area contributed by atoms with Gasteiger partial charge in [-0.2, -0.15) is 0 Å². The van der Waals surface area contributed by atoms with Crippen molar-refractivity contribution in [2.24, 2.45) is 0 Å². The Morgan fingerprint density at radius 2 is 1.72 bits per heavy atom. The van der Waals surface area contributed by atoms with Crippen molar-refractivity contribution in [1.29, 1.82) is 0 Å². The minimum Gasteiger partial charge on any atom is -0.444 e. The molecule has 1 saturated heterocycles. The van der Waals surface area contributed by atoms with Gasteiger partial charge in [0.05, 0.1) is 6.10 Å². The molecule has 1 aliphatic rings. The highest BCUT2D eigenvalue weighted by atomic mass is 28.4. The Bertz CT molecular complexity index is 494. The molecule has 1 fully saturated rings. The predicted octanol–water partition coefficient (Wildman–Crippen LogP) is 3.52. The number of alkyl carbamates (subject to hydrolysis) is 1. The van der Waals surface area contributed by atoms with Crippen LogP contribution >= 0.6 is 0 Å². The van der Waals surface area contributed by atoms with Gasteiger partial charge in [-0.25, -0.2) is 4.79 Å². The van der Waals surface area contributed by atoms with Crippen LogP contribution < -0.4 is 5.32 Å². The number of carbonyl (C=O) groups excluding carboxylic acids is 2.